The van der Waals surface area contributed by atoms with E-state index in [-0.39, 0.29) is 34.9 Å². The van der Waals surface area contributed by atoms with Gasteiger partial charge in [0.2, 0.25) is 0 Å². The normalized spacial score (nSPS) is 21.8. The second-order valence-corrected chi connectivity index (χ2v) is 9.24. The van der Waals surface area contributed by atoms with Gasteiger partial charge in [-0.2, -0.15) is 5.10 Å². The Balaban J connectivity index is 1.43. The lowest BCUT2D eigenvalue weighted by atomic mass is 9.73. The second kappa shape index (κ2) is 8.74. The molecule has 34 heavy (non-hydrogen) atoms. The molecule has 0 unspecified atom stereocenters. The number of hydrogen-bond donors (Lipinski definition) is 3. The van der Waals surface area contributed by atoms with Crippen molar-refractivity contribution in [2.75, 3.05) is 24.6 Å². The molecule has 1 spiro atoms. The van der Waals surface area contributed by atoms with Crippen LogP contribution in [0.5, 0.6) is 0 Å². The standard InChI is InChI=1S/C23H23ClF2N6O2/c1-12-20(27)23(11-34-12)4-6-32(7-5-23)22-18(10-33)28-19-17(30-31-21(19)29-22)3-2-14-15(25)8-13(24)9-16(14)26/h8-9,12,20,33H,4-7,10-11,27H2,1H3,(H,29,30,31)/t12-,20+/m0/s1. The van der Waals surface area contributed by atoms with Crippen LogP contribution in [0.3, 0.4) is 0 Å². The smallest absolute Gasteiger partial charge is 0.177 e. The number of aromatic amines is 1. The van der Waals surface area contributed by atoms with E-state index in [1.165, 1.54) is 0 Å². The summed E-state index contributed by atoms with van der Waals surface area (Å²) in [4.78, 5) is 11.2. The summed E-state index contributed by atoms with van der Waals surface area (Å²) in [6.45, 7) is 3.72. The molecular formula is C23H23ClF2N6O2. The highest BCUT2D eigenvalue weighted by molar-refractivity contribution is 6.30. The van der Waals surface area contributed by atoms with Crippen LogP contribution in [0.25, 0.3) is 11.2 Å². The summed E-state index contributed by atoms with van der Waals surface area (Å²) in [7, 11) is 0. The number of piperidine rings is 1. The lowest BCUT2D eigenvalue weighted by Crippen LogP contribution is -2.51. The van der Waals surface area contributed by atoms with Crippen molar-refractivity contribution < 1.29 is 18.6 Å². The number of hydrogen-bond acceptors (Lipinski definition) is 7. The molecule has 5 rings (SSSR count). The first kappa shape index (κ1) is 22.9. The van der Waals surface area contributed by atoms with Gasteiger partial charge in [-0.15, -0.1) is 0 Å². The van der Waals surface area contributed by atoms with Gasteiger partial charge in [0, 0.05) is 29.6 Å². The molecule has 0 amide bonds. The van der Waals surface area contributed by atoms with Crippen molar-refractivity contribution in [2.24, 2.45) is 11.1 Å². The minimum Gasteiger partial charge on any atom is -0.390 e. The van der Waals surface area contributed by atoms with Crippen molar-refractivity contribution in [3.8, 4) is 11.8 Å². The Labute approximate surface area is 199 Å². The maximum atomic E-state index is 14.0. The molecule has 0 aliphatic carbocycles. The molecule has 8 nitrogen and oxygen atoms in total. The SMILES string of the molecule is C[C@@H]1OCC2(CCN(c3nc4[nH]nc(C#Cc5c(F)cc(Cl)cc5F)c4nc3CO)CC2)[C@@H]1N. The quantitative estimate of drug-likeness (QED) is 0.475. The number of H-pyrrole nitrogens is 1. The fraction of sp³-hybridized carbons (Fsp3) is 0.435. The third kappa shape index (κ3) is 3.88. The number of benzene rings is 1. The van der Waals surface area contributed by atoms with E-state index in [4.69, 9.17) is 22.1 Å². The number of nitrogens with two attached hydrogens (primary N) is 1. The molecule has 2 aromatic heterocycles. The van der Waals surface area contributed by atoms with E-state index in [0.717, 1.165) is 25.0 Å². The fourth-order valence-corrected chi connectivity index (χ4v) is 4.92. The lowest BCUT2D eigenvalue weighted by Gasteiger charge is -2.41. The first-order chi connectivity index (χ1) is 16.3. The third-order valence-corrected chi connectivity index (χ3v) is 7.03. The molecule has 4 N–H and O–H groups in total. The Bertz CT molecular complexity index is 1290. The van der Waals surface area contributed by atoms with Crippen LogP contribution >= 0.6 is 11.6 Å². The topological polar surface area (TPSA) is 113 Å². The molecule has 2 aliphatic rings. The average molecular weight is 489 g/mol. The van der Waals surface area contributed by atoms with Crippen LogP contribution in [0.4, 0.5) is 14.6 Å². The number of halogens is 3. The number of aliphatic hydroxyl groups excluding tert-OH is 1. The van der Waals surface area contributed by atoms with Gasteiger partial charge in [-0.05, 0) is 37.8 Å². The Hall–Kier alpha value is -2.84. The van der Waals surface area contributed by atoms with E-state index in [9.17, 15) is 13.9 Å². The van der Waals surface area contributed by atoms with Gasteiger partial charge in [0.15, 0.2) is 17.2 Å². The Morgan fingerprint density at radius 1 is 1.26 bits per heavy atom. The number of aliphatic hydroxyl groups is 1. The van der Waals surface area contributed by atoms with Crippen molar-refractivity contribution >= 4 is 28.6 Å². The van der Waals surface area contributed by atoms with Gasteiger partial charge in [-0.25, -0.2) is 18.7 Å². The first-order valence-corrected chi connectivity index (χ1v) is 11.3. The van der Waals surface area contributed by atoms with Crippen molar-refractivity contribution in [1.82, 2.24) is 20.2 Å². The zero-order valence-corrected chi connectivity index (χ0v) is 19.2. The zero-order valence-electron chi connectivity index (χ0n) is 18.4. The summed E-state index contributed by atoms with van der Waals surface area (Å²) in [6.07, 6.45) is 1.73. The van der Waals surface area contributed by atoms with Gasteiger partial charge in [0.05, 0.1) is 24.9 Å². The Kier molecular flexibility index (Phi) is 5.90. The summed E-state index contributed by atoms with van der Waals surface area (Å²) in [5, 5.41) is 16.8. The molecule has 2 saturated heterocycles. The zero-order chi connectivity index (χ0) is 24.0. The fourth-order valence-electron chi connectivity index (χ4n) is 4.73. The number of ether oxygens (including phenoxy) is 1. The summed E-state index contributed by atoms with van der Waals surface area (Å²) in [6, 6.07) is 1.97. The van der Waals surface area contributed by atoms with Gasteiger partial charge < -0.3 is 20.5 Å². The van der Waals surface area contributed by atoms with Crippen LogP contribution in [0.15, 0.2) is 12.1 Å². The van der Waals surface area contributed by atoms with Crippen LogP contribution in [0.2, 0.25) is 5.02 Å². The van der Waals surface area contributed by atoms with Crippen molar-refractivity contribution in [3.63, 3.8) is 0 Å². The van der Waals surface area contributed by atoms with E-state index in [1.807, 2.05) is 6.92 Å². The molecule has 11 heteroatoms. The number of rotatable bonds is 2. The maximum Gasteiger partial charge on any atom is 0.177 e. The number of anilines is 1. The first-order valence-electron chi connectivity index (χ1n) is 11.0. The molecule has 0 saturated carbocycles. The van der Waals surface area contributed by atoms with E-state index in [2.05, 4.69) is 36.9 Å². The lowest BCUT2D eigenvalue weighted by molar-refractivity contribution is 0.0973. The van der Waals surface area contributed by atoms with Gasteiger partial charge >= 0.3 is 0 Å². The number of aromatic nitrogens is 4. The number of fused-ring (bicyclic) bond motifs is 1. The van der Waals surface area contributed by atoms with Crippen LogP contribution in [0, 0.1) is 28.9 Å². The predicted octanol–water partition coefficient (Wildman–Crippen LogP) is 2.51. The van der Waals surface area contributed by atoms with Gasteiger partial charge in [0.1, 0.15) is 22.8 Å². The largest absolute Gasteiger partial charge is 0.390 e. The Morgan fingerprint density at radius 3 is 2.59 bits per heavy atom. The highest BCUT2D eigenvalue weighted by atomic mass is 35.5. The molecule has 2 atom stereocenters. The van der Waals surface area contributed by atoms with Crippen LogP contribution in [-0.4, -0.2) is 57.1 Å². The summed E-state index contributed by atoms with van der Waals surface area (Å²) in [5.74, 6) is 3.91. The molecule has 0 bridgehead atoms. The molecule has 178 valence electrons. The van der Waals surface area contributed by atoms with Gasteiger partial charge in [-0.1, -0.05) is 17.5 Å². The van der Waals surface area contributed by atoms with Crippen molar-refractivity contribution in [3.05, 3.63) is 45.7 Å². The van der Waals surface area contributed by atoms with Crippen LogP contribution in [-0.2, 0) is 11.3 Å². The summed E-state index contributed by atoms with van der Waals surface area (Å²) >= 11 is 5.66. The van der Waals surface area contributed by atoms with Crippen molar-refractivity contribution in [2.45, 2.75) is 38.5 Å². The average Bonchev–Trinajstić information content (AvgIpc) is 3.34. The monoisotopic (exact) mass is 488 g/mol. The molecule has 2 fully saturated rings. The summed E-state index contributed by atoms with van der Waals surface area (Å²) in [5.41, 5.74) is 7.16. The van der Waals surface area contributed by atoms with E-state index >= 15 is 0 Å². The molecule has 4 heterocycles. The van der Waals surface area contributed by atoms with Gasteiger partial charge in [-0.3, -0.25) is 5.10 Å². The van der Waals surface area contributed by atoms with E-state index in [0.29, 0.717) is 42.4 Å². The predicted molar refractivity (Wildman–Crippen MR) is 122 cm³/mol. The molecule has 2 aliphatic heterocycles. The van der Waals surface area contributed by atoms with Gasteiger partial charge in [0.25, 0.3) is 0 Å². The molecular weight excluding hydrogens is 466 g/mol. The minimum absolute atomic E-state index is 0.00965. The van der Waals surface area contributed by atoms with Crippen molar-refractivity contribution in [1.29, 1.82) is 0 Å². The maximum absolute atomic E-state index is 14.0. The minimum atomic E-state index is -0.869. The second-order valence-electron chi connectivity index (χ2n) is 8.81. The van der Waals surface area contributed by atoms with E-state index < -0.39 is 17.2 Å². The number of nitrogens with zero attached hydrogens (tertiary/aromatic N) is 4. The third-order valence-electron chi connectivity index (χ3n) is 6.81. The Morgan fingerprint density at radius 2 is 1.97 bits per heavy atom. The summed E-state index contributed by atoms with van der Waals surface area (Å²) < 4.78 is 33.9. The molecule has 0 radical (unpaired) electrons. The highest BCUT2D eigenvalue weighted by Crippen LogP contribution is 2.42. The van der Waals surface area contributed by atoms with Crippen LogP contribution < -0.4 is 10.6 Å². The molecule has 1 aromatic carbocycles. The highest BCUT2D eigenvalue weighted by Gasteiger charge is 2.47. The van der Waals surface area contributed by atoms with E-state index in [1.54, 1.807) is 0 Å². The molecule has 3 aromatic rings. The van der Waals surface area contributed by atoms with Crippen LogP contribution in [0.1, 0.15) is 36.7 Å². The number of nitrogens with one attached hydrogen (secondary N) is 1.